The third kappa shape index (κ3) is 2.35. The molecule has 0 aliphatic rings. The van der Waals surface area contributed by atoms with E-state index in [1.165, 1.54) is 7.11 Å². The first-order chi connectivity index (χ1) is 8.10. The predicted octanol–water partition coefficient (Wildman–Crippen LogP) is 1.01. The molecular formula is C11H14N4O2. The lowest BCUT2D eigenvalue weighted by molar-refractivity contribution is -0.141. The monoisotopic (exact) mass is 234 g/mol. The summed E-state index contributed by atoms with van der Waals surface area (Å²) in [5, 5.41) is 7.08. The van der Waals surface area contributed by atoms with E-state index in [1.807, 2.05) is 25.3 Å². The summed E-state index contributed by atoms with van der Waals surface area (Å²) >= 11 is 0. The molecule has 2 rings (SSSR count). The van der Waals surface area contributed by atoms with Crippen LogP contribution in [0.4, 0.5) is 5.95 Å². The number of nitrogens with one attached hydrogen (secondary N) is 1. The highest BCUT2D eigenvalue weighted by Crippen LogP contribution is 2.08. The molecule has 0 aromatic carbocycles. The van der Waals surface area contributed by atoms with Gasteiger partial charge in [0.2, 0.25) is 5.95 Å². The number of fused-ring (bicyclic) bond motifs is 1. The molecule has 1 unspecified atom stereocenters. The van der Waals surface area contributed by atoms with E-state index in [-0.39, 0.29) is 5.97 Å². The van der Waals surface area contributed by atoms with E-state index in [4.69, 9.17) is 0 Å². The highest BCUT2D eigenvalue weighted by Gasteiger charge is 2.14. The molecule has 6 heteroatoms. The number of esters is 1. The number of rotatable bonds is 3. The van der Waals surface area contributed by atoms with E-state index in [1.54, 1.807) is 11.4 Å². The number of methoxy groups -OCH3 is 1. The van der Waals surface area contributed by atoms with Crippen LogP contribution in [0, 0.1) is 6.92 Å². The van der Waals surface area contributed by atoms with Crippen molar-refractivity contribution in [1.82, 2.24) is 14.6 Å². The van der Waals surface area contributed by atoms with E-state index in [0.717, 1.165) is 11.2 Å². The Morgan fingerprint density at radius 3 is 3.06 bits per heavy atom. The number of hydrogen-bond donors (Lipinski definition) is 1. The van der Waals surface area contributed by atoms with Crippen LogP contribution < -0.4 is 5.32 Å². The number of pyridine rings is 1. The molecule has 2 aromatic rings. The van der Waals surface area contributed by atoms with Gasteiger partial charge >= 0.3 is 5.97 Å². The summed E-state index contributed by atoms with van der Waals surface area (Å²) in [5.74, 6) is 0.0635. The van der Waals surface area contributed by atoms with Crippen molar-refractivity contribution in [3.05, 3.63) is 23.9 Å². The number of ether oxygens (including phenoxy) is 1. The van der Waals surface area contributed by atoms with Gasteiger partial charge in [0.1, 0.15) is 6.04 Å². The van der Waals surface area contributed by atoms with E-state index in [2.05, 4.69) is 20.1 Å². The Kier molecular flexibility index (Phi) is 2.95. The molecule has 0 saturated heterocycles. The zero-order valence-electron chi connectivity index (χ0n) is 9.97. The number of aryl methyl sites for hydroxylation is 1. The van der Waals surface area contributed by atoms with Crippen molar-refractivity contribution >= 4 is 17.6 Å². The summed E-state index contributed by atoms with van der Waals surface area (Å²) in [6.07, 6.45) is 1.83. The molecule has 1 N–H and O–H groups in total. The van der Waals surface area contributed by atoms with Gasteiger partial charge in [-0.15, -0.1) is 5.10 Å². The van der Waals surface area contributed by atoms with Crippen molar-refractivity contribution in [2.45, 2.75) is 19.9 Å². The fraction of sp³-hybridized carbons (Fsp3) is 0.364. The number of carbonyl (C=O) groups is 1. The Hall–Kier alpha value is -2.11. The molecule has 0 amide bonds. The lowest BCUT2D eigenvalue weighted by Crippen LogP contribution is -2.27. The third-order valence-electron chi connectivity index (χ3n) is 2.39. The number of hydrogen-bond acceptors (Lipinski definition) is 5. The van der Waals surface area contributed by atoms with Crippen LogP contribution >= 0.6 is 0 Å². The van der Waals surface area contributed by atoms with Crippen LogP contribution in [0.15, 0.2) is 18.3 Å². The molecule has 0 saturated carbocycles. The second-order valence-corrected chi connectivity index (χ2v) is 3.83. The maximum atomic E-state index is 11.2. The third-order valence-corrected chi connectivity index (χ3v) is 2.39. The van der Waals surface area contributed by atoms with Crippen molar-refractivity contribution in [3.63, 3.8) is 0 Å². The Labute approximate surface area is 98.6 Å². The van der Waals surface area contributed by atoms with Crippen LogP contribution in [0.2, 0.25) is 0 Å². The first-order valence-electron chi connectivity index (χ1n) is 5.27. The lowest BCUT2D eigenvalue weighted by Gasteiger charge is -2.08. The molecule has 0 radical (unpaired) electrons. The topological polar surface area (TPSA) is 68.5 Å². The number of aromatic nitrogens is 3. The fourth-order valence-electron chi connectivity index (χ4n) is 1.47. The van der Waals surface area contributed by atoms with Gasteiger partial charge in [-0.25, -0.2) is 9.31 Å². The lowest BCUT2D eigenvalue weighted by atomic mass is 10.3. The quantitative estimate of drug-likeness (QED) is 0.803. The largest absolute Gasteiger partial charge is 0.467 e. The van der Waals surface area contributed by atoms with Gasteiger partial charge in [0, 0.05) is 6.20 Å². The summed E-state index contributed by atoms with van der Waals surface area (Å²) in [5.41, 5.74) is 1.85. The average molecular weight is 234 g/mol. The minimum atomic E-state index is -0.474. The Morgan fingerprint density at radius 2 is 2.35 bits per heavy atom. The van der Waals surface area contributed by atoms with Crippen molar-refractivity contribution in [3.8, 4) is 0 Å². The summed E-state index contributed by atoms with van der Waals surface area (Å²) in [7, 11) is 1.35. The van der Waals surface area contributed by atoms with Crippen molar-refractivity contribution in [2.24, 2.45) is 0 Å². The Morgan fingerprint density at radius 1 is 1.59 bits per heavy atom. The highest BCUT2D eigenvalue weighted by atomic mass is 16.5. The van der Waals surface area contributed by atoms with E-state index >= 15 is 0 Å². The number of nitrogens with zero attached hydrogens (tertiary/aromatic N) is 3. The van der Waals surface area contributed by atoms with Gasteiger partial charge < -0.3 is 10.1 Å². The van der Waals surface area contributed by atoms with Gasteiger partial charge in [-0.1, -0.05) is 0 Å². The SMILES string of the molecule is COC(=O)C(C)Nc1nc2cc(C)ccn2n1. The first kappa shape index (κ1) is 11.4. The summed E-state index contributed by atoms with van der Waals surface area (Å²) in [6, 6.07) is 3.38. The number of carbonyl (C=O) groups excluding carboxylic acids is 1. The molecule has 6 nitrogen and oxygen atoms in total. The highest BCUT2D eigenvalue weighted by molar-refractivity contribution is 5.78. The van der Waals surface area contributed by atoms with Crippen molar-refractivity contribution < 1.29 is 9.53 Å². The van der Waals surface area contributed by atoms with Gasteiger partial charge in [-0.05, 0) is 31.5 Å². The Balaban J connectivity index is 2.22. The number of anilines is 1. The smallest absolute Gasteiger partial charge is 0.328 e. The Bertz CT molecular complexity index is 549. The normalized spacial score (nSPS) is 12.4. The van der Waals surface area contributed by atoms with Gasteiger partial charge in [0.05, 0.1) is 7.11 Å². The van der Waals surface area contributed by atoms with E-state index < -0.39 is 6.04 Å². The fourth-order valence-corrected chi connectivity index (χ4v) is 1.47. The molecule has 0 spiro atoms. The van der Waals surface area contributed by atoms with Crippen LogP contribution in [-0.2, 0) is 9.53 Å². The van der Waals surface area contributed by atoms with Crippen molar-refractivity contribution in [2.75, 3.05) is 12.4 Å². The van der Waals surface area contributed by atoms with Gasteiger partial charge in [0.15, 0.2) is 5.65 Å². The van der Waals surface area contributed by atoms with E-state index in [9.17, 15) is 4.79 Å². The molecule has 2 aromatic heterocycles. The molecule has 0 aliphatic carbocycles. The minimum Gasteiger partial charge on any atom is -0.467 e. The minimum absolute atomic E-state index is 0.347. The first-order valence-corrected chi connectivity index (χ1v) is 5.27. The molecule has 0 aliphatic heterocycles. The average Bonchev–Trinajstić information content (AvgIpc) is 2.69. The zero-order valence-corrected chi connectivity index (χ0v) is 9.97. The van der Waals surface area contributed by atoms with Gasteiger partial charge in [-0.3, -0.25) is 0 Å². The van der Waals surface area contributed by atoms with E-state index in [0.29, 0.717) is 5.95 Å². The molecule has 90 valence electrons. The molecule has 17 heavy (non-hydrogen) atoms. The predicted molar refractivity (Wildman–Crippen MR) is 62.8 cm³/mol. The summed E-state index contributed by atoms with van der Waals surface area (Å²) in [6.45, 7) is 3.68. The molecular weight excluding hydrogens is 220 g/mol. The van der Waals surface area contributed by atoms with Crippen LogP contribution in [0.5, 0.6) is 0 Å². The summed E-state index contributed by atoms with van der Waals surface area (Å²) < 4.78 is 6.27. The maximum Gasteiger partial charge on any atom is 0.328 e. The zero-order chi connectivity index (χ0) is 12.4. The van der Waals surface area contributed by atoms with Crippen LogP contribution in [0.25, 0.3) is 5.65 Å². The van der Waals surface area contributed by atoms with Crippen LogP contribution in [0.1, 0.15) is 12.5 Å². The summed E-state index contributed by atoms with van der Waals surface area (Å²) in [4.78, 5) is 15.5. The second-order valence-electron chi connectivity index (χ2n) is 3.83. The van der Waals surface area contributed by atoms with Crippen LogP contribution in [-0.4, -0.2) is 33.7 Å². The molecule has 2 heterocycles. The van der Waals surface area contributed by atoms with Gasteiger partial charge in [0.25, 0.3) is 0 Å². The molecule has 0 fully saturated rings. The molecule has 0 bridgehead atoms. The molecule has 1 atom stereocenters. The van der Waals surface area contributed by atoms with Crippen LogP contribution in [0.3, 0.4) is 0 Å². The van der Waals surface area contributed by atoms with Gasteiger partial charge in [-0.2, -0.15) is 4.98 Å². The van der Waals surface area contributed by atoms with Crippen molar-refractivity contribution in [1.29, 1.82) is 0 Å². The standard InChI is InChI=1S/C11H14N4O2/c1-7-4-5-15-9(6-7)13-11(14-15)12-8(2)10(16)17-3/h4-6,8H,1-3H3,(H,12,14). The second kappa shape index (κ2) is 4.40. The maximum absolute atomic E-state index is 11.2.